The van der Waals surface area contributed by atoms with Gasteiger partial charge in [0.25, 0.3) is 0 Å². The highest BCUT2D eigenvalue weighted by atomic mass is 16.5. The molecule has 0 spiro atoms. The van der Waals surface area contributed by atoms with Gasteiger partial charge in [-0.25, -0.2) is 9.97 Å². The first-order chi connectivity index (χ1) is 12.3. The second kappa shape index (κ2) is 8.53. The zero-order valence-corrected chi connectivity index (χ0v) is 14.7. The first kappa shape index (κ1) is 17.3. The third-order valence-corrected chi connectivity index (χ3v) is 4.16. The predicted molar refractivity (Wildman–Crippen MR) is 96.8 cm³/mol. The van der Waals surface area contributed by atoms with Crippen LogP contribution in [0.15, 0.2) is 30.6 Å². The van der Waals surface area contributed by atoms with E-state index in [1.54, 1.807) is 20.5 Å². The molecule has 0 unspecified atom stereocenters. The van der Waals surface area contributed by atoms with Crippen molar-refractivity contribution in [3.8, 4) is 11.5 Å². The van der Waals surface area contributed by atoms with Gasteiger partial charge in [-0.15, -0.1) is 0 Å². The number of methoxy groups -OCH3 is 2. The number of nitrogens with one attached hydrogen (secondary N) is 1. The number of rotatable bonds is 7. The quantitative estimate of drug-likeness (QED) is 0.824. The fourth-order valence-corrected chi connectivity index (χ4v) is 2.78. The molecule has 7 heteroatoms. The fraction of sp³-hybridized carbons (Fsp3) is 0.444. The van der Waals surface area contributed by atoms with Crippen LogP contribution in [0.3, 0.4) is 0 Å². The predicted octanol–water partition coefficient (Wildman–Crippen LogP) is 1.98. The third kappa shape index (κ3) is 4.51. The van der Waals surface area contributed by atoms with Crippen molar-refractivity contribution in [2.75, 3.05) is 57.3 Å². The lowest BCUT2D eigenvalue weighted by atomic mass is 10.1. The number of hydrogen-bond donors (Lipinski definition) is 1. The minimum atomic E-state index is 0.741. The van der Waals surface area contributed by atoms with Gasteiger partial charge in [0.05, 0.1) is 27.4 Å². The Labute approximate surface area is 147 Å². The maximum absolute atomic E-state index is 5.38. The van der Waals surface area contributed by atoms with Gasteiger partial charge in [0.1, 0.15) is 18.0 Å². The normalized spacial score (nSPS) is 14.2. The van der Waals surface area contributed by atoms with Crippen molar-refractivity contribution >= 4 is 11.6 Å². The third-order valence-electron chi connectivity index (χ3n) is 4.16. The van der Waals surface area contributed by atoms with E-state index >= 15 is 0 Å². The number of ether oxygens (including phenoxy) is 3. The van der Waals surface area contributed by atoms with E-state index in [4.69, 9.17) is 14.2 Å². The zero-order chi connectivity index (χ0) is 17.5. The first-order valence-corrected chi connectivity index (χ1v) is 8.39. The summed E-state index contributed by atoms with van der Waals surface area (Å²) >= 11 is 0. The molecule has 0 amide bonds. The molecular weight excluding hydrogens is 320 g/mol. The van der Waals surface area contributed by atoms with Crippen molar-refractivity contribution in [1.29, 1.82) is 0 Å². The highest BCUT2D eigenvalue weighted by Gasteiger charge is 2.13. The minimum Gasteiger partial charge on any atom is -0.493 e. The van der Waals surface area contributed by atoms with E-state index in [1.165, 1.54) is 5.56 Å². The van der Waals surface area contributed by atoms with Gasteiger partial charge in [0.15, 0.2) is 11.5 Å². The molecule has 3 rings (SSSR count). The van der Waals surface area contributed by atoms with Crippen LogP contribution in [0, 0.1) is 0 Å². The average Bonchev–Trinajstić information content (AvgIpc) is 2.69. The molecule has 0 bridgehead atoms. The maximum atomic E-state index is 5.38. The smallest absolute Gasteiger partial charge is 0.160 e. The monoisotopic (exact) mass is 344 g/mol. The van der Waals surface area contributed by atoms with Crippen LogP contribution in [0.4, 0.5) is 11.6 Å². The summed E-state index contributed by atoms with van der Waals surface area (Å²) in [5.74, 6) is 3.26. The number of benzene rings is 1. The SMILES string of the molecule is COc1ccc(CCNc2cc(N3CCOCC3)ncn2)cc1OC. The molecule has 1 saturated heterocycles. The van der Waals surface area contributed by atoms with Gasteiger partial charge in [0, 0.05) is 25.7 Å². The Balaban J connectivity index is 1.57. The first-order valence-electron chi connectivity index (χ1n) is 8.39. The van der Waals surface area contributed by atoms with Crippen LogP contribution in [0.5, 0.6) is 11.5 Å². The molecule has 0 atom stereocenters. The van der Waals surface area contributed by atoms with Gasteiger partial charge >= 0.3 is 0 Å². The molecule has 0 radical (unpaired) electrons. The van der Waals surface area contributed by atoms with Crippen molar-refractivity contribution in [3.05, 3.63) is 36.2 Å². The van der Waals surface area contributed by atoms with Gasteiger partial charge in [0.2, 0.25) is 0 Å². The van der Waals surface area contributed by atoms with Gasteiger partial charge < -0.3 is 24.4 Å². The van der Waals surface area contributed by atoms with Crippen LogP contribution in [0.25, 0.3) is 0 Å². The molecule has 134 valence electrons. The fourth-order valence-electron chi connectivity index (χ4n) is 2.78. The summed E-state index contributed by atoms with van der Waals surface area (Å²) in [6.45, 7) is 3.98. The largest absolute Gasteiger partial charge is 0.493 e. The van der Waals surface area contributed by atoms with Gasteiger partial charge in [-0.1, -0.05) is 6.07 Å². The van der Waals surface area contributed by atoms with Crippen LogP contribution in [0.2, 0.25) is 0 Å². The van der Waals surface area contributed by atoms with Crippen molar-refractivity contribution in [2.45, 2.75) is 6.42 Å². The van der Waals surface area contributed by atoms with Gasteiger partial charge in [-0.05, 0) is 24.1 Å². The molecule has 2 aromatic rings. The van der Waals surface area contributed by atoms with E-state index in [0.29, 0.717) is 0 Å². The number of aromatic nitrogens is 2. The number of morpholine rings is 1. The lowest BCUT2D eigenvalue weighted by Crippen LogP contribution is -2.36. The molecular formula is C18H24N4O3. The van der Waals surface area contributed by atoms with Crippen LogP contribution >= 0.6 is 0 Å². The van der Waals surface area contributed by atoms with E-state index < -0.39 is 0 Å². The van der Waals surface area contributed by atoms with E-state index in [2.05, 4.69) is 20.2 Å². The number of nitrogens with zero attached hydrogens (tertiary/aromatic N) is 3. The molecule has 1 aliphatic rings. The minimum absolute atomic E-state index is 0.741. The molecule has 7 nitrogen and oxygen atoms in total. The Kier molecular flexibility index (Phi) is 5.90. The summed E-state index contributed by atoms with van der Waals surface area (Å²) in [7, 11) is 3.29. The topological polar surface area (TPSA) is 68.7 Å². The number of hydrogen-bond acceptors (Lipinski definition) is 7. The Hall–Kier alpha value is -2.54. The summed E-state index contributed by atoms with van der Waals surface area (Å²) in [5, 5.41) is 3.36. The van der Waals surface area contributed by atoms with Crippen molar-refractivity contribution in [3.63, 3.8) is 0 Å². The summed E-state index contributed by atoms with van der Waals surface area (Å²) in [6, 6.07) is 7.96. The van der Waals surface area contributed by atoms with Gasteiger partial charge in [-0.2, -0.15) is 0 Å². The van der Waals surface area contributed by atoms with E-state index in [9.17, 15) is 0 Å². The van der Waals surface area contributed by atoms with E-state index in [1.807, 2.05) is 24.3 Å². The second-order valence-corrected chi connectivity index (χ2v) is 5.73. The van der Waals surface area contributed by atoms with Crippen LogP contribution in [-0.2, 0) is 11.2 Å². The van der Waals surface area contributed by atoms with Crippen LogP contribution in [0.1, 0.15) is 5.56 Å². The lowest BCUT2D eigenvalue weighted by Gasteiger charge is -2.27. The average molecular weight is 344 g/mol. The molecule has 1 fully saturated rings. The molecule has 25 heavy (non-hydrogen) atoms. The maximum Gasteiger partial charge on any atom is 0.160 e. The molecule has 1 aliphatic heterocycles. The van der Waals surface area contributed by atoms with Crippen LogP contribution in [-0.4, -0.2) is 57.0 Å². The standard InChI is InChI=1S/C18H24N4O3/c1-23-15-4-3-14(11-16(15)24-2)5-6-19-17-12-18(21-13-20-17)22-7-9-25-10-8-22/h3-4,11-13H,5-10H2,1-2H3,(H,19,20,21). The Morgan fingerprint density at radius 3 is 2.64 bits per heavy atom. The summed E-state index contributed by atoms with van der Waals surface area (Å²) in [6.07, 6.45) is 2.46. The summed E-state index contributed by atoms with van der Waals surface area (Å²) in [5.41, 5.74) is 1.17. The lowest BCUT2D eigenvalue weighted by molar-refractivity contribution is 0.122. The molecule has 1 N–H and O–H groups in total. The summed E-state index contributed by atoms with van der Waals surface area (Å²) in [4.78, 5) is 10.9. The Morgan fingerprint density at radius 2 is 1.88 bits per heavy atom. The molecule has 1 aromatic heterocycles. The highest BCUT2D eigenvalue weighted by Crippen LogP contribution is 2.27. The van der Waals surface area contributed by atoms with Gasteiger partial charge in [-0.3, -0.25) is 0 Å². The highest BCUT2D eigenvalue weighted by molar-refractivity contribution is 5.49. The molecule has 0 aliphatic carbocycles. The van der Waals surface area contributed by atoms with E-state index in [-0.39, 0.29) is 0 Å². The molecule has 0 saturated carbocycles. The van der Waals surface area contributed by atoms with E-state index in [0.717, 1.165) is 62.4 Å². The van der Waals surface area contributed by atoms with Crippen molar-refractivity contribution < 1.29 is 14.2 Å². The van der Waals surface area contributed by atoms with Crippen molar-refractivity contribution in [2.24, 2.45) is 0 Å². The van der Waals surface area contributed by atoms with Crippen LogP contribution < -0.4 is 19.7 Å². The Morgan fingerprint density at radius 1 is 1.08 bits per heavy atom. The molecule has 2 heterocycles. The summed E-state index contributed by atoms with van der Waals surface area (Å²) < 4.78 is 16.0. The Bertz CT molecular complexity index is 690. The molecule has 1 aromatic carbocycles. The zero-order valence-electron chi connectivity index (χ0n) is 14.7. The van der Waals surface area contributed by atoms with Crippen molar-refractivity contribution in [1.82, 2.24) is 9.97 Å². The second-order valence-electron chi connectivity index (χ2n) is 5.73. The number of anilines is 2.